The first-order valence-corrected chi connectivity index (χ1v) is 6.35. The third kappa shape index (κ3) is 2.80. The van der Waals surface area contributed by atoms with Crippen molar-refractivity contribution in [2.24, 2.45) is 5.92 Å². The number of Topliss-reactive ketones (excluding diaryl/α,β-unsaturated/α-hetero) is 1. The number of carbonyl (C=O) groups excluding carboxylic acids is 1. The lowest BCUT2D eigenvalue weighted by Crippen LogP contribution is -2.38. The molecule has 2 heterocycles. The Bertz CT molecular complexity index is 446. The molecule has 1 aromatic rings. The van der Waals surface area contributed by atoms with E-state index in [4.69, 9.17) is 0 Å². The fraction of sp³-hybridized carbons (Fsp3) is 0.700. The molecular formula is C10H12F3N3OS. The summed E-state index contributed by atoms with van der Waals surface area (Å²) in [5.41, 5.74) is 0. The van der Waals surface area contributed by atoms with E-state index in [0.717, 1.165) is 12.8 Å². The van der Waals surface area contributed by atoms with E-state index in [1.807, 2.05) is 0 Å². The van der Waals surface area contributed by atoms with Crippen molar-refractivity contribution in [1.82, 2.24) is 10.2 Å². The van der Waals surface area contributed by atoms with E-state index in [-0.39, 0.29) is 16.8 Å². The summed E-state index contributed by atoms with van der Waals surface area (Å²) in [4.78, 5) is 13.0. The van der Waals surface area contributed by atoms with Gasteiger partial charge >= 0.3 is 6.18 Å². The summed E-state index contributed by atoms with van der Waals surface area (Å²) in [7, 11) is 0. The highest BCUT2D eigenvalue weighted by Crippen LogP contribution is 2.35. The third-order valence-electron chi connectivity index (χ3n) is 2.92. The van der Waals surface area contributed by atoms with Gasteiger partial charge in [0, 0.05) is 19.0 Å². The third-order valence-corrected chi connectivity index (χ3v) is 3.95. The number of ketones is 1. The lowest BCUT2D eigenvalue weighted by Gasteiger charge is -2.30. The Balaban J connectivity index is 2.12. The summed E-state index contributed by atoms with van der Waals surface area (Å²) in [6.45, 7) is 2.56. The van der Waals surface area contributed by atoms with E-state index in [2.05, 4.69) is 10.2 Å². The van der Waals surface area contributed by atoms with Gasteiger partial charge in [0.25, 0.3) is 0 Å². The molecule has 0 amide bonds. The second kappa shape index (κ2) is 4.83. The summed E-state index contributed by atoms with van der Waals surface area (Å²) in [6.07, 6.45) is -2.88. The molecule has 1 saturated heterocycles. The van der Waals surface area contributed by atoms with Gasteiger partial charge in [-0.3, -0.25) is 4.79 Å². The van der Waals surface area contributed by atoms with Crippen molar-refractivity contribution >= 4 is 22.3 Å². The van der Waals surface area contributed by atoms with Gasteiger partial charge in [-0.15, -0.1) is 10.2 Å². The van der Waals surface area contributed by atoms with E-state index in [0.29, 0.717) is 24.4 Å². The molecule has 0 aliphatic carbocycles. The highest BCUT2D eigenvalue weighted by atomic mass is 32.1. The zero-order chi connectivity index (χ0) is 13.3. The quantitative estimate of drug-likeness (QED) is 0.833. The number of halogens is 3. The van der Waals surface area contributed by atoms with Crippen LogP contribution in [0.2, 0.25) is 0 Å². The molecule has 1 aliphatic rings. The van der Waals surface area contributed by atoms with Crippen molar-refractivity contribution in [3.63, 3.8) is 0 Å². The summed E-state index contributed by atoms with van der Waals surface area (Å²) in [5.74, 6) is -0.0442. The first-order chi connectivity index (χ1) is 8.38. The van der Waals surface area contributed by atoms with Crippen LogP contribution in [0.5, 0.6) is 0 Å². The molecule has 1 aromatic heterocycles. The number of rotatable bonds is 2. The topological polar surface area (TPSA) is 46.1 Å². The summed E-state index contributed by atoms with van der Waals surface area (Å²) >= 11 is 0.527. The van der Waals surface area contributed by atoms with Crippen LogP contribution >= 0.6 is 11.3 Å². The molecule has 1 aliphatic heterocycles. The molecule has 100 valence electrons. The van der Waals surface area contributed by atoms with Gasteiger partial charge in [-0.25, -0.2) is 0 Å². The average Bonchev–Trinajstić information content (AvgIpc) is 2.78. The molecule has 18 heavy (non-hydrogen) atoms. The molecule has 1 atom stereocenters. The second-order valence-corrected chi connectivity index (χ2v) is 5.24. The molecule has 0 N–H and O–H groups in total. The van der Waals surface area contributed by atoms with Crippen molar-refractivity contribution in [3.8, 4) is 0 Å². The van der Waals surface area contributed by atoms with Crippen LogP contribution in [0.4, 0.5) is 18.3 Å². The largest absolute Gasteiger partial charge is 0.445 e. The van der Waals surface area contributed by atoms with Crippen LogP contribution in [0.1, 0.15) is 24.8 Å². The van der Waals surface area contributed by atoms with Crippen molar-refractivity contribution in [2.45, 2.75) is 25.9 Å². The fourth-order valence-corrected chi connectivity index (χ4v) is 2.69. The lowest BCUT2D eigenvalue weighted by molar-refractivity contribution is -0.138. The molecule has 2 rings (SSSR count). The number of hydrogen-bond donors (Lipinski definition) is 0. The van der Waals surface area contributed by atoms with Crippen molar-refractivity contribution < 1.29 is 18.0 Å². The number of hydrogen-bond acceptors (Lipinski definition) is 5. The van der Waals surface area contributed by atoms with Gasteiger partial charge in [-0.05, 0) is 19.8 Å². The first-order valence-electron chi connectivity index (χ1n) is 5.54. The van der Waals surface area contributed by atoms with Gasteiger partial charge in [-0.2, -0.15) is 13.2 Å². The second-order valence-electron chi connectivity index (χ2n) is 4.28. The van der Waals surface area contributed by atoms with Crippen LogP contribution < -0.4 is 4.90 Å². The monoisotopic (exact) mass is 279 g/mol. The molecule has 0 aromatic carbocycles. The normalized spacial score (nSPS) is 21.1. The summed E-state index contributed by atoms with van der Waals surface area (Å²) < 4.78 is 37.2. The highest BCUT2D eigenvalue weighted by Gasteiger charge is 2.36. The summed E-state index contributed by atoms with van der Waals surface area (Å²) in [6, 6.07) is 0. The maximum absolute atomic E-state index is 12.4. The number of alkyl halides is 3. The van der Waals surface area contributed by atoms with Crippen LogP contribution in [0.15, 0.2) is 0 Å². The number of nitrogens with zero attached hydrogens (tertiary/aromatic N) is 3. The van der Waals surface area contributed by atoms with Crippen molar-refractivity contribution in [3.05, 3.63) is 5.01 Å². The zero-order valence-electron chi connectivity index (χ0n) is 9.70. The lowest BCUT2D eigenvalue weighted by atomic mass is 9.95. The smallest absolute Gasteiger partial charge is 0.346 e. The predicted octanol–water partition coefficient (Wildman–Crippen LogP) is 2.36. The predicted molar refractivity (Wildman–Crippen MR) is 60.5 cm³/mol. The Hall–Kier alpha value is -1.18. The standard InChI is InChI=1S/C10H12F3N3OS/c1-6(17)7-3-2-4-16(5-7)9-15-14-8(18-9)10(11,12)13/h7H,2-5H2,1H3. The number of piperidine rings is 1. The number of anilines is 1. The van der Waals surface area contributed by atoms with Crippen molar-refractivity contribution in [1.29, 1.82) is 0 Å². The van der Waals surface area contributed by atoms with Gasteiger partial charge in [0.15, 0.2) is 0 Å². The van der Waals surface area contributed by atoms with Gasteiger partial charge in [0.1, 0.15) is 5.78 Å². The van der Waals surface area contributed by atoms with Crippen LogP contribution in [-0.4, -0.2) is 29.1 Å². The molecule has 1 unspecified atom stereocenters. The maximum atomic E-state index is 12.4. The Morgan fingerprint density at radius 2 is 2.17 bits per heavy atom. The Morgan fingerprint density at radius 3 is 2.72 bits per heavy atom. The van der Waals surface area contributed by atoms with Crippen LogP contribution in [0, 0.1) is 5.92 Å². The SMILES string of the molecule is CC(=O)C1CCCN(c2nnc(C(F)(F)F)s2)C1. The fourth-order valence-electron chi connectivity index (χ4n) is 1.94. The maximum Gasteiger partial charge on any atom is 0.445 e. The van der Waals surface area contributed by atoms with E-state index in [1.165, 1.54) is 6.92 Å². The Labute approximate surface area is 106 Å². The van der Waals surface area contributed by atoms with Gasteiger partial charge < -0.3 is 4.90 Å². The molecule has 0 bridgehead atoms. The molecule has 1 fully saturated rings. The van der Waals surface area contributed by atoms with Gasteiger partial charge in [0.05, 0.1) is 0 Å². The van der Waals surface area contributed by atoms with Gasteiger partial charge in [0.2, 0.25) is 10.1 Å². The molecular weight excluding hydrogens is 267 g/mol. The Morgan fingerprint density at radius 1 is 1.44 bits per heavy atom. The van der Waals surface area contributed by atoms with Crippen LogP contribution in [0.25, 0.3) is 0 Å². The first kappa shape index (κ1) is 13.3. The van der Waals surface area contributed by atoms with E-state index >= 15 is 0 Å². The molecule has 0 saturated carbocycles. The molecule has 0 radical (unpaired) electrons. The van der Waals surface area contributed by atoms with Crippen LogP contribution in [-0.2, 0) is 11.0 Å². The minimum Gasteiger partial charge on any atom is -0.346 e. The molecule has 4 nitrogen and oxygen atoms in total. The van der Waals surface area contributed by atoms with E-state index in [1.54, 1.807) is 4.90 Å². The summed E-state index contributed by atoms with van der Waals surface area (Å²) in [5, 5.41) is 6.01. The van der Waals surface area contributed by atoms with E-state index < -0.39 is 11.2 Å². The van der Waals surface area contributed by atoms with Gasteiger partial charge in [-0.1, -0.05) is 11.3 Å². The average molecular weight is 279 g/mol. The minimum atomic E-state index is -4.45. The Kier molecular flexibility index (Phi) is 3.56. The highest BCUT2D eigenvalue weighted by molar-refractivity contribution is 7.15. The number of aromatic nitrogens is 2. The number of carbonyl (C=O) groups is 1. The van der Waals surface area contributed by atoms with E-state index in [9.17, 15) is 18.0 Å². The minimum absolute atomic E-state index is 0.0697. The molecule has 0 spiro atoms. The van der Waals surface area contributed by atoms with Crippen molar-refractivity contribution in [2.75, 3.05) is 18.0 Å². The molecule has 8 heteroatoms. The zero-order valence-corrected chi connectivity index (χ0v) is 10.5. The van der Waals surface area contributed by atoms with Crippen LogP contribution in [0.3, 0.4) is 0 Å².